The zero-order valence-electron chi connectivity index (χ0n) is 18.9. The molecule has 0 aliphatic heterocycles. The third-order valence-electron chi connectivity index (χ3n) is 7.47. The fourth-order valence-electron chi connectivity index (χ4n) is 5.57. The summed E-state index contributed by atoms with van der Waals surface area (Å²) in [6, 6.07) is 8.12. The van der Waals surface area contributed by atoms with Gasteiger partial charge in [0.25, 0.3) is 0 Å². The van der Waals surface area contributed by atoms with Gasteiger partial charge in [0, 0.05) is 23.2 Å². The van der Waals surface area contributed by atoms with Crippen molar-refractivity contribution in [2.75, 3.05) is 11.9 Å². The van der Waals surface area contributed by atoms with Crippen LogP contribution in [-0.2, 0) is 6.42 Å². The highest BCUT2D eigenvalue weighted by Gasteiger charge is 2.31. The second-order valence-corrected chi connectivity index (χ2v) is 10.5. The minimum Gasteiger partial charge on any atom is -0.330 e. The molecule has 2 aliphatic carbocycles. The van der Waals surface area contributed by atoms with Crippen molar-refractivity contribution in [1.82, 2.24) is 19.5 Å². The fraction of sp³-hybridized carbons (Fsp3) is 0.560. The molecule has 1 aromatic carbocycles. The number of nitrogens with one attached hydrogen (secondary N) is 1. The molecule has 0 amide bonds. The normalized spacial score (nSPS) is 23.0. The molecule has 3 aromatic rings. The van der Waals surface area contributed by atoms with Crippen LogP contribution in [0.3, 0.4) is 0 Å². The number of nitrogens with two attached hydrogens (primary N) is 1. The molecule has 3 N–H and O–H groups in total. The van der Waals surface area contributed by atoms with Crippen LogP contribution in [0, 0.1) is 11.3 Å². The predicted molar refractivity (Wildman–Crippen MR) is 130 cm³/mol. The molecule has 0 spiro atoms. The van der Waals surface area contributed by atoms with E-state index in [-0.39, 0.29) is 0 Å². The van der Waals surface area contributed by atoms with E-state index < -0.39 is 0 Å². The Morgan fingerprint density at radius 2 is 1.94 bits per heavy atom. The maximum absolute atomic E-state index is 6.22. The van der Waals surface area contributed by atoms with Crippen molar-refractivity contribution in [3.05, 3.63) is 41.3 Å². The number of rotatable bonds is 6. The Hall–Kier alpha value is -2.18. The standard InChI is InChI=1S/C25H33ClN6/c1-25(11-2-3-12-25)14-22-28-16-21-23(31-22)32(20-9-7-17(15-27)8-10-20)24(30-21)29-19-6-4-5-18(26)13-19/h4-6,13,16-17,20H,2-3,7-12,14-15,27H2,1H3,(H,29,30). The van der Waals surface area contributed by atoms with Gasteiger partial charge in [-0.3, -0.25) is 4.57 Å². The lowest BCUT2D eigenvalue weighted by molar-refractivity contribution is 0.284. The van der Waals surface area contributed by atoms with Crippen LogP contribution >= 0.6 is 11.6 Å². The number of hydrogen-bond acceptors (Lipinski definition) is 5. The number of hydrogen-bond donors (Lipinski definition) is 2. The molecule has 2 fully saturated rings. The Balaban J connectivity index is 1.52. The van der Waals surface area contributed by atoms with Gasteiger partial charge < -0.3 is 11.1 Å². The van der Waals surface area contributed by atoms with Gasteiger partial charge in [0.05, 0.1) is 6.20 Å². The highest BCUT2D eigenvalue weighted by molar-refractivity contribution is 6.30. The van der Waals surface area contributed by atoms with Crippen molar-refractivity contribution in [1.29, 1.82) is 0 Å². The number of aromatic nitrogens is 4. The average molecular weight is 453 g/mol. The first-order chi connectivity index (χ1) is 15.5. The van der Waals surface area contributed by atoms with Crippen LogP contribution in [0.2, 0.25) is 5.02 Å². The van der Waals surface area contributed by atoms with Crippen molar-refractivity contribution in [2.45, 2.75) is 70.8 Å². The number of fused-ring (bicyclic) bond motifs is 1. The molecule has 0 unspecified atom stereocenters. The molecule has 2 saturated carbocycles. The van der Waals surface area contributed by atoms with E-state index in [9.17, 15) is 0 Å². The molecule has 0 saturated heterocycles. The van der Waals surface area contributed by atoms with Gasteiger partial charge in [-0.2, -0.15) is 0 Å². The van der Waals surface area contributed by atoms with Crippen molar-refractivity contribution in [3.63, 3.8) is 0 Å². The minimum absolute atomic E-state index is 0.319. The lowest BCUT2D eigenvalue weighted by Gasteiger charge is -2.30. The number of nitrogens with zero attached hydrogens (tertiary/aromatic N) is 4. The van der Waals surface area contributed by atoms with E-state index in [4.69, 9.17) is 32.3 Å². The van der Waals surface area contributed by atoms with Crippen LogP contribution in [0.25, 0.3) is 11.2 Å². The van der Waals surface area contributed by atoms with Gasteiger partial charge in [-0.15, -0.1) is 0 Å². The number of benzene rings is 1. The summed E-state index contributed by atoms with van der Waals surface area (Å²) in [6.45, 7) is 3.15. The fourth-order valence-corrected chi connectivity index (χ4v) is 5.76. The number of anilines is 2. The smallest absolute Gasteiger partial charge is 0.209 e. The number of imidazole rings is 1. The molecular weight excluding hydrogens is 420 g/mol. The molecule has 170 valence electrons. The molecule has 2 aliphatic rings. The quantitative estimate of drug-likeness (QED) is 0.476. The highest BCUT2D eigenvalue weighted by Crippen LogP contribution is 2.40. The third-order valence-corrected chi connectivity index (χ3v) is 7.71. The molecule has 6 nitrogen and oxygen atoms in total. The van der Waals surface area contributed by atoms with Crippen LogP contribution < -0.4 is 11.1 Å². The van der Waals surface area contributed by atoms with Gasteiger partial charge in [0.1, 0.15) is 11.3 Å². The summed E-state index contributed by atoms with van der Waals surface area (Å²) in [5.41, 5.74) is 8.98. The second kappa shape index (κ2) is 8.99. The van der Waals surface area contributed by atoms with Gasteiger partial charge in [0.15, 0.2) is 5.65 Å². The van der Waals surface area contributed by atoms with E-state index in [1.54, 1.807) is 0 Å². The van der Waals surface area contributed by atoms with Crippen molar-refractivity contribution in [3.8, 4) is 0 Å². The van der Waals surface area contributed by atoms with E-state index in [2.05, 4.69) is 16.8 Å². The van der Waals surface area contributed by atoms with E-state index in [1.165, 1.54) is 25.7 Å². The molecule has 2 aromatic heterocycles. The average Bonchev–Trinajstić information content (AvgIpc) is 3.37. The maximum Gasteiger partial charge on any atom is 0.209 e. The molecular formula is C25H33ClN6. The van der Waals surface area contributed by atoms with Gasteiger partial charge in [-0.05, 0) is 74.6 Å². The first-order valence-corrected chi connectivity index (χ1v) is 12.4. The van der Waals surface area contributed by atoms with Gasteiger partial charge in [-0.25, -0.2) is 15.0 Å². The van der Waals surface area contributed by atoms with Gasteiger partial charge >= 0.3 is 0 Å². The van der Waals surface area contributed by atoms with E-state index >= 15 is 0 Å². The molecule has 5 rings (SSSR count). The maximum atomic E-state index is 6.22. The summed E-state index contributed by atoms with van der Waals surface area (Å²) in [5.74, 6) is 2.38. The summed E-state index contributed by atoms with van der Waals surface area (Å²) in [5, 5.41) is 4.20. The molecule has 7 heteroatoms. The SMILES string of the molecule is CC1(Cc2ncc3nc(Nc4cccc(Cl)c4)n(C4CCC(CN)CC4)c3n2)CCCC1. The summed E-state index contributed by atoms with van der Waals surface area (Å²) >= 11 is 6.22. The minimum atomic E-state index is 0.319. The van der Waals surface area contributed by atoms with Crippen molar-refractivity contribution < 1.29 is 0 Å². The Morgan fingerprint density at radius 1 is 1.16 bits per heavy atom. The third kappa shape index (κ3) is 4.48. The van der Waals surface area contributed by atoms with E-state index in [0.29, 0.717) is 22.4 Å². The van der Waals surface area contributed by atoms with Gasteiger partial charge in [0.2, 0.25) is 5.95 Å². The molecule has 0 radical (unpaired) electrons. The second-order valence-electron chi connectivity index (χ2n) is 10.0. The zero-order valence-corrected chi connectivity index (χ0v) is 19.6. The Bertz CT molecular complexity index is 1080. The topological polar surface area (TPSA) is 81.7 Å². The first-order valence-electron chi connectivity index (χ1n) is 12.0. The Kier molecular flexibility index (Phi) is 6.08. The lowest BCUT2D eigenvalue weighted by Crippen LogP contribution is -2.24. The molecule has 0 atom stereocenters. The first kappa shape index (κ1) is 21.7. The Labute approximate surface area is 195 Å². The van der Waals surface area contributed by atoms with Crippen molar-refractivity contribution >= 4 is 34.4 Å². The van der Waals surface area contributed by atoms with E-state index in [1.807, 2.05) is 30.5 Å². The van der Waals surface area contributed by atoms with Crippen LogP contribution in [0.4, 0.5) is 11.6 Å². The molecule has 0 bridgehead atoms. The van der Waals surface area contributed by atoms with Crippen molar-refractivity contribution in [2.24, 2.45) is 17.1 Å². The summed E-state index contributed by atoms with van der Waals surface area (Å²) in [7, 11) is 0. The molecule has 32 heavy (non-hydrogen) atoms. The lowest BCUT2D eigenvalue weighted by atomic mass is 9.85. The van der Waals surface area contributed by atoms with Crippen LogP contribution in [-0.4, -0.2) is 26.1 Å². The Morgan fingerprint density at radius 3 is 2.66 bits per heavy atom. The number of halogens is 1. The predicted octanol–water partition coefficient (Wildman–Crippen LogP) is 6.04. The van der Waals surface area contributed by atoms with E-state index in [0.717, 1.165) is 67.3 Å². The van der Waals surface area contributed by atoms with Crippen LogP contribution in [0.1, 0.15) is 70.2 Å². The van der Waals surface area contributed by atoms with Gasteiger partial charge in [-0.1, -0.05) is 37.4 Å². The largest absolute Gasteiger partial charge is 0.330 e. The zero-order chi connectivity index (χ0) is 22.1. The van der Waals surface area contributed by atoms with Crippen LogP contribution in [0.5, 0.6) is 0 Å². The summed E-state index contributed by atoms with van der Waals surface area (Å²) in [6.07, 6.45) is 12.5. The summed E-state index contributed by atoms with van der Waals surface area (Å²) in [4.78, 5) is 14.7. The van der Waals surface area contributed by atoms with Crippen LogP contribution in [0.15, 0.2) is 30.5 Å². The molecule has 2 heterocycles. The monoisotopic (exact) mass is 452 g/mol. The highest BCUT2D eigenvalue weighted by atomic mass is 35.5. The summed E-state index contributed by atoms with van der Waals surface area (Å²) < 4.78 is 2.31.